The summed E-state index contributed by atoms with van der Waals surface area (Å²) in [6.07, 6.45) is -4.74. The third kappa shape index (κ3) is 9.54. The average molecular weight is 718 g/mol. The average Bonchev–Trinajstić information content (AvgIpc) is 3.53. The molecule has 4 aromatic carbocycles. The van der Waals surface area contributed by atoms with Crippen molar-refractivity contribution in [2.75, 3.05) is 0 Å². The molecule has 0 saturated heterocycles. The molecule has 5 rings (SSSR count). The van der Waals surface area contributed by atoms with Crippen LogP contribution < -0.4 is 4.72 Å². The van der Waals surface area contributed by atoms with Crippen LogP contribution in [0.1, 0.15) is 54.4 Å². The standard InChI is InChI=1S/C37H34F3N5O5S/c1-24-9-11-26(12-10-24)32-23-33(37(38,39)40)43-45(32)29-18-20-30(21-19-29)51(48,49)44-34(46)22-15-25-7-5-6-8-31(25)42-41-28-16-13-27(14-17-28)35(47)50-36(2,3)4/h5-14,16-21,23H,15,22H2,1-4H3,(H,44,46)/b42-41+. The van der Waals surface area contributed by atoms with Crippen LogP contribution in [0.25, 0.3) is 16.9 Å². The number of esters is 1. The summed E-state index contributed by atoms with van der Waals surface area (Å²) in [5.41, 5.74) is 2.01. The summed E-state index contributed by atoms with van der Waals surface area (Å²) in [6.45, 7) is 7.19. The van der Waals surface area contributed by atoms with Crippen molar-refractivity contribution in [2.45, 2.75) is 57.2 Å². The number of alkyl halides is 3. The maximum absolute atomic E-state index is 13.6. The lowest BCUT2D eigenvalue weighted by atomic mass is 10.1. The first kappa shape index (κ1) is 36.6. The Bertz CT molecular complexity index is 2170. The number of hydrogen-bond donors (Lipinski definition) is 1. The number of aromatic nitrogens is 2. The molecule has 0 fully saturated rings. The van der Waals surface area contributed by atoms with Crippen molar-refractivity contribution in [1.82, 2.24) is 14.5 Å². The molecule has 1 heterocycles. The molecule has 0 aliphatic heterocycles. The summed E-state index contributed by atoms with van der Waals surface area (Å²) in [5, 5.41) is 12.2. The van der Waals surface area contributed by atoms with E-state index in [1.165, 1.54) is 24.3 Å². The van der Waals surface area contributed by atoms with Crippen molar-refractivity contribution in [2.24, 2.45) is 10.2 Å². The molecular formula is C37H34F3N5O5S. The number of hydrogen-bond acceptors (Lipinski definition) is 8. The minimum absolute atomic E-state index is 0.149. The Kier molecular flexibility index (Phi) is 10.6. The molecule has 264 valence electrons. The lowest BCUT2D eigenvalue weighted by Crippen LogP contribution is -2.30. The summed E-state index contributed by atoms with van der Waals surface area (Å²) in [5.74, 6) is -1.23. The first-order valence-corrected chi connectivity index (χ1v) is 17.2. The fraction of sp³-hybridized carbons (Fsp3) is 0.216. The molecule has 0 radical (unpaired) electrons. The second-order valence-electron chi connectivity index (χ2n) is 12.6. The van der Waals surface area contributed by atoms with Crippen LogP contribution in [0.4, 0.5) is 24.5 Å². The van der Waals surface area contributed by atoms with E-state index in [4.69, 9.17) is 4.74 Å². The highest BCUT2D eigenvalue weighted by atomic mass is 32.2. The molecule has 1 N–H and O–H groups in total. The molecule has 51 heavy (non-hydrogen) atoms. The molecule has 0 atom stereocenters. The van der Waals surface area contributed by atoms with E-state index in [1.807, 2.05) is 11.6 Å². The zero-order valence-electron chi connectivity index (χ0n) is 28.1. The fourth-order valence-corrected chi connectivity index (χ4v) is 5.87. The summed E-state index contributed by atoms with van der Waals surface area (Å²) < 4.78 is 75.3. The van der Waals surface area contributed by atoms with Gasteiger partial charge in [0, 0.05) is 12.0 Å². The van der Waals surface area contributed by atoms with E-state index in [1.54, 1.807) is 93.6 Å². The first-order chi connectivity index (χ1) is 24.0. The smallest absolute Gasteiger partial charge is 0.435 e. The molecule has 0 unspecified atom stereocenters. The molecule has 0 bridgehead atoms. The highest BCUT2D eigenvalue weighted by Crippen LogP contribution is 2.33. The number of carbonyl (C=O) groups is 2. The Balaban J connectivity index is 1.24. The maximum Gasteiger partial charge on any atom is 0.435 e. The lowest BCUT2D eigenvalue weighted by molar-refractivity contribution is -0.141. The van der Waals surface area contributed by atoms with Crippen molar-refractivity contribution in [1.29, 1.82) is 0 Å². The second kappa shape index (κ2) is 14.7. The number of nitrogens with one attached hydrogen (secondary N) is 1. The van der Waals surface area contributed by atoms with Gasteiger partial charge in [0.15, 0.2) is 5.69 Å². The maximum atomic E-state index is 13.6. The van der Waals surface area contributed by atoms with Crippen LogP contribution in [-0.4, -0.2) is 35.7 Å². The van der Waals surface area contributed by atoms with Crippen LogP contribution in [0.3, 0.4) is 0 Å². The highest BCUT2D eigenvalue weighted by Gasteiger charge is 2.35. The predicted molar refractivity (Wildman–Crippen MR) is 185 cm³/mol. The number of benzene rings is 4. The molecule has 14 heteroatoms. The van der Waals surface area contributed by atoms with Gasteiger partial charge in [-0.1, -0.05) is 48.0 Å². The molecule has 1 amide bonds. The SMILES string of the molecule is Cc1ccc(-c2cc(C(F)(F)F)nn2-c2ccc(S(=O)(=O)NC(=O)CCc3ccccc3/N=N/c3ccc(C(=O)OC(C)(C)C)cc3)cc2)cc1. The van der Waals surface area contributed by atoms with Gasteiger partial charge in [-0.15, -0.1) is 0 Å². The van der Waals surface area contributed by atoms with Gasteiger partial charge in [-0.2, -0.15) is 28.5 Å². The number of nitrogens with zero attached hydrogens (tertiary/aromatic N) is 4. The number of azo groups is 1. The summed E-state index contributed by atoms with van der Waals surface area (Å²) >= 11 is 0. The van der Waals surface area contributed by atoms with Gasteiger partial charge in [-0.3, -0.25) is 4.79 Å². The van der Waals surface area contributed by atoms with E-state index in [0.29, 0.717) is 28.1 Å². The van der Waals surface area contributed by atoms with Crippen LogP contribution in [0.15, 0.2) is 118 Å². The Hall–Kier alpha value is -5.63. The topological polar surface area (TPSA) is 132 Å². The molecule has 0 saturated carbocycles. The fourth-order valence-electron chi connectivity index (χ4n) is 4.85. The number of halogens is 3. The van der Waals surface area contributed by atoms with Gasteiger partial charge in [-0.25, -0.2) is 22.6 Å². The Morgan fingerprint density at radius 3 is 2.14 bits per heavy atom. The Labute approximate surface area is 293 Å². The van der Waals surface area contributed by atoms with Crippen LogP contribution in [0.5, 0.6) is 0 Å². The third-order valence-corrected chi connectivity index (χ3v) is 8.76. The van der Waals surface area contributed by atoms with Gasteiger partial charge >= 0.3 is 12.1 Å². The van der Waals surface area contributed by atoms with Crippen molar-refractivity contribution in [3.8, 4) is 16.9 Å². The van der Waals surface area contributed by atoms with Crippen molar-refractivity contribution in [3.63, 3.8) is 0 Å². The number of carbonyl (C=O) groups excluding carboxylic acids is 2. The molecular weight excluding hydrogens is 683 g/mol. The number of amides is 1. The zero-order chi connectivity index (χ0) is 37.0. The largest absolute Gasteiger partial charge is 0.456 e. The number of rotatable bonds is 10. The van der Waals surface area contributed by atoms with Gasteiger partial charge in [-0.05, 0) is 100 Å². The molecule has 10 nitrogen and oxygen atoms in total. The van der Waals surface area contributed by atoms with E-state index in [2.05, 4.69) is 15.3 Å². The molecule has 1 aromatic heterocycles. The van der Waals surface area contributed by atoms with Gasteiger partial charge in [0.05, 0.1) is 33.2 Å². The third-order valence-electron chi connectivity index (χ3n) is 7.38. The van der Waals surface area contributed by atoms with E-state index in [0.717, 1.165) is 16.3 Å². The van der Waals surface area contributed by atoms with Gasteiger partial charge in [0.25, 0.3) is 10.0 Å². The van der Waals surface area contributed by atoms with Gasteiger partial charge in [0.2, 0.25) is 5.91 Å². The first-order valence-electron chi connectivity index (χ1n) is 15.7. The molecule has 0 aliphatic rings. The summed E-state index contributed by atoms with van der Waals surface area (Å²) in [7, 11) is -4.31. The summed E-state index contributed by atoms with van der Waals surface area (Å²) in [4.78, 5) is 24.8. The van der Waals surface area contributed by atoms with Crippen molar-refractivity contribution >= 4 is 33.3 Å². The molecule has 5 aromatic rings. The minimum atomic E-state index is -4.70. The van der Waals surface area contributed by atoms with Crippen LogP contribution in [0.2, 0.25) is 0 Å². The van der Waals surface area contributed by atoms with Crippen LogP contribution >= 0.6 is 0 Å². The predicted octanol–water partition coefficient (Wildman–Crippen LogP) is 8.67. The van der Waals surface area contributed by atoms with Crippen molar-refractivity contribution < 1.29 is 35.9 Å². The normalized spacial score (nSPS) is 12.2. The molecule has 0 aliphatic carbocycles. The monoisotopic (exact) mass is 717 g/mol. The Morgan fingerprint density at radius 1 is 0.863 bits per heavy atom. The number of ether oxygens (including phenoxy) is 1. The van der Waals surface area contributed by atoms with Gasteiger partial charge < -0.3 is 4.74 Å². The minimum Gasteiger partial charge on any atom is -0.456 e. The van der Waals surface area contributed by atoms with E-state index < -0.39 is 39.4 Å². The van der Waals surface area contributed by atoms with Crippen LogP contribution in [-0.2, 0) is 32.2 Å². The van der Waals surface area contributed by atoms with Gasteiger partial charge in [0.1, 0.15) is 5.60 Å². The quantitative estimate of drug-likeness (QED) is 0.114. The zero-order valence-corrected chi connectivity index (χ0v) is 28.9. The number of sulfonamides is 1. The lowest BCUT2D eigenvalue weighted by Gasteiger charge is -2.19. The van der Waals surface area contributed by atoms with E-state index in [9.17, 15) is 31.2 Å². The van der Waals surface area contributed by atoms with E-state index >= 15 is 0 Å². The highest BCUT2D eigenvalue weighted by molar-refractivity contribution is 7.90. The number of aryl methyl sites for hydroxylation is 2. The molecule has 0 spiro atoms. The van der Waals surface area contributed by atoms with E-state index in [-0.39, 0.29) is 29.1 Å². The summed E-state index contributed by atoms with van der Waals surface area (Å²) in [6, 6.07) is 26.1. The van der Waals surface area contributed by atoms with Crippen LogP contribution in [0, 0.1) is 6.92 Å². The Morgan fingerprint density at radius 2 is 1.51 bits per heavy atom. The van der Waals surface area contributed by atoms with Crippen molar-refractivity contribution in [3.05, 3.63) is 126 Å². The second-order valence-corrected chi connectivity index (χ2v) is 14.3.